The molecular weight excluding hydrogens is 454 g/mol. The first-order valence-electron chi connectivity index (χ1n) is 12.2. The zero-order chi connectivity index (χ0) is 25.2. The zero-order valence-electron chi connectivity index (χ0n) is 20.1. The topological polar surface area (TPSA) is 80.8 Å². The van der Waals surface area contributed by atoms with Gasteiger partial charge in [-0.3, -0.25) is 19.3 Å². The summed E-state index contributed by atoms with van der Waals surface area (Å²) in [6.07, 6.45) is 2.23. The number of amides is 2. The lowest BCUT2D eigenvalue weighted by atomic mass is 9.73. The van der Waals surface area contributed by atoms with Gasteiger partial charge < -0.3 is 4.74 Å². The number of benzene rings is 3. The third-order valence-corrected chi connectivity index (χ3v) is 7.27. The van der Waals surface area contributed by atoms with E-state index in [4.69, 9.17) is 4.74 Å². The number of imide groups is 1. The molecule has 1 heterocycles. The van der Waals surface area contributed by atoms with E-state index in [-0.39, 0.29) is 47.5 Å². The number of esters is 1. The van der Waals surface area contributed by atoms with Crippen molar-refractivity contribution in [1.82, 2.24) is 0 Å². The Morgan fingerprint density at radius 2 is 1.44 bits per heavy atom. The highest BCUT2D eigenvalue weighted by Gasteiger charge is 2.50. The summed E-state index contributed by atoms with van der Waals surface area (Å²) in [5.74, 6) is -1.63. The van der Waals surface area contributed by atoms with Crippen molar-refractivity contribution in [3.8, 4) is 0 Å². The van der Waals surface area contributed by atoms with Crippen LogP contribution in [-0.2, 0) is 14.3 Å². The zero-order valence-corrected chi connectivity index (χ0v) is 20.1. The van der Waals surface area contributed by atoms with Crippen LogP contribution in [0.3, 0.4) is 0 Å². The van der Waals surface area contributed by atoms with Crippen LogP contribution in [0.4, 0.5) is 5.69 Å². The highest BCUT2D eigenvalue weighted by Crippen LogP contribution is 2.45. The summed E-state index contributed by atoms with van der Waals surface area (Å²) in [6, 6.07) is 23.4. The number of ether oxygens (including phenoxy) is 1. The minimum absolute atomic E-state index is 0.171. The first kappa shape index (κ1) is 23.7. The molecule has 0 aromatic heterocycles. The van der Waals surface area contributed by atoms with E-state index in [0.717, 1.165) is 12.0 Å². The van der Waals surface area contributed by atoms with E-state index in [1.807, 2.05) is 37.3 Å². The number of carbonyl (C=O) groups is 4. The number of Topliss-reactive ketones (excluding diaryl/α,β-unsaturated/α-hetero) is 1. The molecule has 2 aliphatic rings. The third-order valence-electron chi connectivity index (χ3n) is 7.27. The molecule has 0 spiro atoms. The molecule has 6 nitrogen and oxygen atoms in total. The summed E-state index contributed by atoms with van der Waals surface area (Å²) in [5, 5.41) is 0. The van der Waals surface area contributed by atoms with Crippen LogP contribution in [0.15, 0.2) is 78.9 Å². The molecule has 3 atom stereocenters. The number of nitrogens with zero attached hydrogens (tertiary/aromatic N) is 1. The summed E-state index contributed by atoms with van der Waals surface area (Å²) in [7, 11) is 0. The van der Waals surface area contributed by atoms with Crippen molar-refractivity contribution in [1.29, 1.82) is 0 Å². The maximum atomic E-state index is 13.3. The standard InChI is InChI=1S/C30H27NO5/c1-19-7-9-21(10-8-19)27(32)18-36-30(35)22-11-14-24(15-12-22)31-28(33)25-16-13-23(17-26(25)29(31)34)20-5-3-2-4-6-20/h2-12,14-15,23,25-26H,13,16-18H2,1H3/t23-,25+,26+/m1/s1. The van der Waals surface area contributed by atoms with Crippen molar-refractivity contribution < 1.29 is 23.9 Å². The van der Waals surface area contributed by atoms with Gasteiger partial charge in [-0.05, 0) is 61.9 Å². The van der Waals surface area contributed by atoms with Gasteiger partial charge in [0.25, 0.3) is 0 Å². The third kappa shape index (κ3) is 4.59. The molecule has 0 radical (unpaired) electrons. The molecular formula is C30H27NO5. The van der Waals surface area contributed by atoms with Crippen LogP contribution in [0.2, 0.25) is 0 Å². The molecule has 2 fully saturated rings. The Kier molecular flexibility index (Phi) is 6.51. The molecule has 0 N–H and O–H groups in total. The molecule has 6 heteroatoms. The fourth-order valence-corrected chi connectivity index (χ4v) is 5.25. The Bertz CT molecular complexity index is 1300. The average molecular weight is 482 g/mol. The van der Waals surface area contributed by atoms with E-state index in [2.05, 4.69) is 12.1 Å². The van der Waals surface area contributed by atoms with Crippen molar-refractivity contribution >= 4 is 29.3 Å². The molecule has 1 saturated carbocycles. The monoisotopic (exact) mass is 481 g/mol. The van der Waals surface area contributed by atoms with Gasteiger partial charge in [0.2, 0.25) is 11.8 Å². The maximum Gasteiger partial charge on any atom is 0.338 e. The normalized spacial score (nSPS) is 21.2. The lowest BCUT2D eigenvalue weighted by molar-refractivity contribution is -0.122. The Balaban J connectivity index is 1.23. The van der Waals surface area contributed by atoms with Crippen molar-refractivity contribution in [2.24, 2.45) is 11.8 Å². The molecule has 3 aromatic rings. The van der Waals surface area contributed by atoms with Crippen LogP contribution in [0.25, 0.3) is 0 Å². The lowest BCUT2D eigenvalue weighted by Gasteiger charge is -2.28. The smallest absolute Gasteiger partial charge is 0.338 e. The Labute approximate surface area is 209 Å². The van der Waals surface area contributed by atoms with Crippen LogP contribution < -0.4 is 4.90 Å². The number of ketones is 1. The number of carbonyl (C=O) groups excluding carboxylic acids is 4. The second-order valence-electron chi connectivity index (χ2n) is 9.56. The predicted octanol–water partition coefficient (Wildman–Crippen LogP) is 5.11. The summed E-state index contributed by atoms with van der Waals surface area (Å²) in [6.45, 7) is 1.56. The van der Waals surface area contributed by atoms with Gasteiger partial charge in [-0.2, -0.15) is 0 Å². The highest BCUT2D eigenvalue weighted by molar-refractivity contribution is 6.22. The molecule has 36 heavy (non-hydrogen) atoms. The summed E-state index contributed by atoms with van der Waals surface area (Å²) in [4.78, 5) is 52.4. The van der Waals surface area contributed by atoms with E-state index < -0.39 is 5.97 Å². The minimum Gasteiger partial charge on any atom is -0.454 e. The molecule has 3 aromatic carbocycles. The molecule has 182 valence electrons. The number of hydrogen-bond donors (Lipinski definition) is 0. The Morgan fingerprint density at radius 3 is 2.14 bits per heavy atom. The van der Waals surface area contributed by atoms with Crippen LogP contribution in [-0.4, -0.2) is 30.2 Å². The van der Waals surface area contributed by atoms with E-state index in [9.17, 15) is 19.2 Å². The molecule has 5 rings (SSSR count). The number of anilines is 1. The SMILES string of the molecule is Cc1ccc(C(=O)COC(=O)c2ccc(N3C(=O)[C@H]4CC[C@@H](c5ccccc5)C[C@@H]4C3=O)cc2)cc1. The Morgan fingerprint density at radius 1 is 0.806 bits per heavy atom. The van der Waals surface area contributed by atoms with Gasteiger partial charge in [-0.15, -0.1) is 0 Å². The van der Waals surface area contributed by atoms with Crippen molar-refractivity contribution in [2.75, 3.05) is 11.5 Å². The highest BCUT2D eigenvalue weighted by atomic mass is 16.5. The van der Waals surface area contributed by atoms with E-state index in [1.165, 1.54) is 22.6 Å². The van der Waals surface area contributed by atoms with Crippen LogP contribution >= 0.6 is 0 Å². The van der Waals surface area contributed by atoms with Gasteiger partial charge >= 0.3 is 5.97 Å². The number of aryl methyl sites for hydroxylation is 1. The van der Waals surface area contributed by atoms with Crippen molar-refractivity contribution in [3.63, 3.8) is 0 Å². The lowest BCUT2D eigenvalue weighted by Crippen LogP contribution is -2.30. The van der Waals surface area contributed by atoms with Gasteiger partial charge in [-0.25, -0.2) is 4.79 Å². The molecule has 1 aliphatic heterocycles. The average Bonchev–Trinajstić information content (AvgIpc) is 3.17. The van der Waals surface area contributed by atoms with Gasteiger partial charge in [0, 0.05) is 5.56 Å². The van der Waals surface area contributed by atoms with Gasteiger partial charge in [0.1, 0.15) is 0 Å². The number of hydrogen-bond acceptors (Lipinski definition) is 5. The van der Waals surface area contributed by atoms with Gasteiger partial charge in [0.05, 0.1) is 23.1 Å². The van der Waals surface area contributed by atoms with Gasteiger partial charge in [-0.1, -0.05) is 60.2 Å². The van der Waals surface area contributed by atoms with Crippen LogP contribution in [0, 0.1) is 18.8 Å². The molecule has 0 unspecified atom stereocenters. The predicted molar refractivity (Wildman–Crippen MR) is 135 cm³/mol. The quantitative estimate of drug-likeness (QED) is 0.278. The first-order chi connectivity index (χ1) is 17.4. The largest absolute Gasteiger partial charge is 0.454 e. The molecule has 0 bridgehead atoms. The second kappa shape index (κ2) is 9.90. The van der Waals surface area contributed by atoms with Gasteiger partial charge in [0.15, 0.2) is 12.4 Å². The van der Waals surface area contributed by atoms with E-state index in [0.29, 0.717) is 24.1 Å². The fourth-order valence-electron chi connectivity index (χ4n) is 5.25. The summed E-state index contributed by atoms with van der Waals surface area (Å²) >= 11 is 0. The van der Waals surface area contributed by atoms with Crippen molar-refractivity contribution in [3.05, 3.63) is 101 Å². The molecule has 1 saturated heterocycles. The van der Waals surface area contributed by atoms with Crippen LogP contribution in [0.5, 0.6) is 0 Å². The summed E-state index contributed by atoms with van der Waals surface area (Å²) < 4.78 is 5.18. The van der Waals surface area contributed by atoms with Crippen LogP contribution in [0.1, 0.15) is 57.0 Å². The number of rotatable bonds is 6. The molecule has 1 aliphatic carbocycles. The minimum atomic E-state index is -0.638. The van der Waals surface area contributed by atoms with Crippen molar-refractivity contribution in [2.45, 2.75) is 32.1 Å². The fraction of sp³-hybridized carbons (Fsp3) is 0.267. The van der Waals surface area contributed by atoms with E-state index in [1.54, 1.807) is 24.3 Å². The molecule has 2 amide bonds. The Hall–Kier alpha value is -4.06. The first-order valence-corrected chi connectivity index (χ1v) is 12.2. The number of fused-ring (bicyclic) bond motifs is 1. The second-order valence-corrected chi connectivity index (χ2v) is 9.56. The summed E-state index contributed by atoms with van der Waals surface area (Å²) in [5.41, 5.74) is 3.41. The maximum absolute atomic E-state index is 13.3. The van der Waals surface area contributed by atoms with E-state index >= 15 is 0 Å².